The average molecular weight is 373 g/mol. The lowest BCUT2D eigenvalue weighted by molar-refractivity contribution is -0.114. The fourth-order valence-corrected chi connectivity index (χ4v) is 3.05. The van der Waals surface area contributed by atoms with Crippen LogP contribution >= 0.6 is 15.9 Å². The molecule has 0 saturated carbocycles. The molecule has 0 spiro atoms. The molecule has 0 bridgehead atoms. The Morgan fingerprint density at radius 2 is 1.43 bits per heavy atom. The van der Waals surface area contributed by atoms with Crippen molar-refractivity contribution < 1.29 is 4.79 Å². The molecule has 0 aromatic heterocycles. The van der Waals surface area contributed by atoms with Crippen molar-refractivity contribution >= 4 is 27.8 Å². The van der Waals surface area contributed by atoms with Gasteiger partial charge >= 0.3 is 0 Å². The molecule has 1 nitrogen and oxygen atoms in total. The van der Waals surface area contributed by atoms with E-state index in [-0.39, 0.29) is 16.6 Å². The summed E-state index contributed by atoms with van der Waals surface area (Å²) < 4.78 is 1.05. The molecule has 0 aliphatic heterocycles. The fraction of sp³-hybridized carbons (Fsp3) is 0.381. The molecule has 0 N–H and O–H groups in total. The standard InChI is InChI=1S/C21H25BrO/c1-20(2,3)17-12-15(10-14-8-7-9-16(22)11-14)13-18(19(17)23)21(4,5)6/h7-13H,1-6H3. The highest BCUT2D eigenvalue weighted by Gasteiger charge is 2.33. The molecule has 1 aromatic carbocycles. The van der Waals surface area contributed by atoms with Gasteiger partial charge in [0.15, 0.2) is 5.78 Å². The summed E-state index contributed by atoms with van der Waals surface area (Å²) in [5.41, 5.74) is 3.63. The molecule has 2 rings (SSSR count). The first-order valence-electron chi connectivity index (χ1n) is 7.95. The summed E-state index contributed by atoms with van der Waals surface area (Å²) in [6, 6.07) is 8.19. The van der Waals surface area contributed by atoms with Crippen LogP contribution < -0.4 is 0 Å². The van der Waals surface area contributed by atoms with E-state index >= 15 is 0 Å². The highest BCUT2D eigenvalue weighted by atomic mass is 79.9. The Morgan fingerprint density at radius 1 is 0.913 bits per heavy atom. The van der Waals surface area contributed by atoms with Crippen LogP contribution in [0.15, 0.2) is 57.6 Å². The van der Waals surface area contributed by atoms with Crippen LogP contribution in [0.1, 0.15) is 47.1 Å². The average Bonchev–Trinajstić information content (AvgIpc) is 2.38. The van der Waals surface area contributed by atoms with Crippen LogP contribution in [0.3, 0.4) is 0 Å². The topological polar surface area (TPSA) is 17.1 Å². The highest BCUT2D eigenvalue weighted by Crippen LogP contribution is 2.39. The lowest BCUT2D eigenvalue weighted by Crippen LogP contribution is -2.27. The first kappa shape index (κ1) is 17.9. The molecule has 0 unspecified atom stereocenters. The number of rotatable bonds is 1. The number of benzene rings is 1. The smallest absolute Gasteiger partial charge is 0.186 e. The number of halogens is 1. The zero-order valence-corrected chi connectivity index (χ0v) is 16.4. The van der Waals surface area contributed by atoms with Crippen LogP contribution in [-0.4, -0.2) is 5.78 Å². The van der Waals surface area contributed by atoms with Gasteiger partial charge in [-0.2, -0.15) is 0 Å². The van der Waals surface area contributed by atoms with Crippen molar-refractivity contribution in [3.8, 4) is 0 Å². The van der Waals surface area contributed by atoms with Crippen LogP contribution in [0.4, 0.5) is 0 Å². The largest absolute Gasteiger partial charge is 0.289 e. The molecule has 1 aromatic rings. The number of hydrogen-bond donors (Lipinski definition) is 0. The molecule has 122 valence electrons. The maximum Gasteiger partial charge on any atom is 0.186 e. The van der Waals surface area contributed by atoms with Crippen LogP contribution in [-0.2, 0) is 4.79 Å². The van der Waals surface area contributed by atoms with Crippen molar-refractivity contribution in [2.24, 2.45) is 10.8 Å². The Kier molecular flexibility index (Phi) is 4.86. The van der Waals surface area contributed by atoms with E-state index in [1.165, 1.54) is 0 Å². The van der Waals surface area contributed by atoms with Crippen molar-refractivity contribution in [3.63, 3.8) is 0 Å². The van der Waals surface area contributed by atoms with Gasteiger partial charge in [0.2, 0.25) is 0 Å². The third-order valence-electron chi connectivity index (χ3n) is 3.91. The van der Waals surface area contributed by atoms with Crippen LogP contribution in [0.5, 0.6) is 0 Å². The van der Waals surface area contributed by atoms with Gasteiger partial charge in [0, 0.05) is 15.6 Å². The highest BCUT2D eigenvalue weighted by molar-refractivity contribution is 9.10. The summed E-state index contributed by atoms with van der Waals surface area (Å²) in [5.74, 6) is 0.177. The second-order valence-electron chi connectivity index (χ2n) is 8.14. The zero-order valence-electron chi connectivity index (χ0n) is 14.8. The third kappa shape index (κ3) is 4.32. The van der Waals surface area contributed by atoms with Crippen LogP contribution in [0, 0.1) is 10.8 Å². The molecule has 0 atom stereocenters. The molecule has 0 fully saturated rings. The van der Waals surface area contributed by atoms with E-state index in [2.05, 4.69) is 75.7 Å². The number of carbonyl (C=O) groups is 1. The van der Waals surface area contributed by atoms with Crippen molar-refractivity contribution in [2.45, 2.75) is 41.5 Å². The summed E-state index contributed by atoms with van der Waals surface area (Å²) in [6.07, 6.45) is 6.21. The molecule has 0 saturated heterocycles. The Bertz CT molecular complexity index is 683. The van der Waals surface area contributed by atoms with Crippen molar-refractivity contribution in [1.29, 1.82) is 0 Å². The van der Waals surface area contributed by atoms with Gasteiger partial charge in [0.1, 0.15) is 0 Å². The van der Waals surface area contributed by atoms with Gasteiger partial charge in [0.05, 0.1) is 0 Å². The molecule has 2 heteroatoms. The number of ketones is 1. The SMILES string of the molecule is CC(C)(C)C1=CC(=Cc2cccc(Br)c2)C=C(C(C)(C)C)C1=O. The molecular weight excluding hydrogens is 348 g/mol. The normalized spacial score (nSPS) is 16.1. The monoisotopic (exact) mass is 372 g/mol. The minimum absolute atomic E-state index is 0.168. The van der Waals surface area contributed by atoms with Gasteiger partial charge in [0.25, 0.3) is 0 Å². The van der Waals surface area contributed by atoms with Gasteiger partial charge in [-0.05, 0) is 52.3 Å². The molecule has 1 aliphatic carbocycles. The van der Waals surface area contributed by atoms with E-state index < -0.39 is 0 Å². The molecule has 0 heterocycles. The Labute approximate surface area is 148 Å². The number of carbonyl (C=O) groups excluding carboxylic acids is 1. The van der Waals surface area contributed by atoms with E-state index in [1.807, 2.05) is 24.3 Å². The zero-order chi connectivity index (χ0) is 17.4. The molecular formula is C21H25BrO. The first-order valence-corrected chi connectivity index (χ1v) is 8.74. The minimum Gasteiger partial charge on any atom is -0.289 e. The van der Waals surface area contributed by atoms with E-state index in [1.54, 1.807) is 0 Å². The number of Topliss-reactive ketones (excluding diaryl/α,β-unsaturated/α-hetero) is 1. The van der Waals surface area contributed by atoms with Gasteiger partial charge < -0.3 is 0 Å². The summed E-state index contributed by atoms with van der Waals surface area (Å²) in [6.45, 7) is 12.6. The number of hydrogen-bond acceptors (Lipinski definition) is 1. The fourth-order valence-electron chi connectivity index (χ4n) is 2.64. The molecule has 23 heavy (non-hydrogen) atoms. The maximum absolute atomic E-state index is 12.9. The van der Waals surface area contributed by atoms with Gasteiger partial charge in [-0.1, -0.05) is 69.6 Å². The molecule has 0 amide bonds. The molecule has 1 aliphatic rings. The maximum atomic E-state index is 12.9. The summed E-state index contributed by atoms with van der Waals surface area (Å²) in [7, 11) is 0. The van der Waals surface area contributed by atoms with Crippen molar-refractivity contribution in [1.82, 2.24) is 0 Å². The minimum atomic E-state index is -0.168. The van der Waals surface area contributed by atoms with E-state index in [9.17, 15) is 4.79 Å². The predicted molar refractivity (Wildman–Crippen MR) is 102 cm³/mol. The predicted octanol–water partition coefficient (Wildman–Crippen LogP) is 6.36. The third-order valence-corrected chi connectivity index (χ3v) is 4.40. The van der Waals surface area contributed by atoms with E-state index in [0.29, 0.717) is 0 Å². The Hall–Kier alpha value is -1.41. The Morgan fingerprint density at radius 3 is 1.87 bits per heavy atom. The van der Waals surface area contributed by atoms with E-state index in [0.717, 1.165) is 26.8 Å². The second-order valence-corrected chi connectivity index (χ2v) is 9.06. The first-order chi connectivity index (χ1) is 10.5. The van der Waals surface area contributed by atoms with Gasteiger partial charge in [-0.15, -0.1) is 0 Å². The van der Waals surface area contributed by atoms with E-state index in [4.69, 9.17) is 0 Å². The van der Waals surface area contributed by atoms with Crippen LogP contribution in [0.2, 0.25) is 0 Å². The summed E-state index contributed by atoms with van der Waals surface area (Å²) in [5, 5.41) is 0. The van der Waals surface area contributed by atoms with Crippen molar-refractivity contribution in [3.05, 3.63) is 63.2 Å². The van der Waals surface area contributed by atoms with Gasteiger partial charge in [-0.25, -0.2) is 0 Å². The lowest BCUT2D eigenvalue weighted by Gasteiger charge is -2.31. The second kappa shape index (κ2) is 6.24. The van der Waals surface area contributed by atoms with Crippen molar-refractivity contribution in [2.75, 3.05) is 0 Å². The lowest BCUT2D eigenvalue weighted by atomic mass is 9.72. The van der Waals surface area contributed by atoms with Crippen LogP contribution in [0.25, 0.3) is 6.08 Å². The van der Waals surface area contributed by atoms with Gasteiger partial charge in [-0.3, -0.25) is 4.79 Å². The number of allylic oxidation sites excluding steroid dienone is 5. The quantitative estimate of drug-likeness (QED) is 0.560. The summed E-state index contributed by atoms with van der Waals surface area (Å²) in [4.78, 5) is 12.9. The Balaban J connectivity index is 2.58. The molecule has 0 radical (unpaired) electrons. The summed E-state index contributed by atoms with van der Waals surface area (Å²) >= 11 is 3.51.